The average Bonchev–Trinajstić information content (AvgIpc) is 2.06. The fraction of sp³-hybridized carbons (Fsp3) is 0.429. The summed E-state index contributed by atoms with van der Waals surface area (Å²) in [6.07, 6.45) is 3.35. The van der Waals surface area contributed by atoms with E-state index in [0.717, 1.165) is 0 Å². The third-order valence-electron chi connectivity index (χ3n) is 1.55. The Bertz CT molecular complexity index is 241. The lowest BCUT2D eigenvalue weighted by atomic mass is 10.0. The van der Waals surface area contributed by atoms with Crippen molar-refractivity contribution in [2.24, 2.45) is 4.99 Å². The average molecular weight is 152 g/mol. The van der Waals surface area contributed by atoms with Crippen LogP contribution in [-0.4, -0.2) is 30.3 Å². The molecule has 0 saturated heterocycles. The summed E-state index contributed by atoms with van der Waals surface area (Å²) in [7, 11) is 1.36. The highest BCUT2D eigenvalue weighted by Crippen LogP contribution is 2.19. The number of rotatable bonds is 1. The number of dihydropyridines is 1. The van der Waals surface area contributed by atoms with Gasteiger partial charge in [0.05, 0.1) is 0 Å². The molecule has 1 rings (SSSR count). The summed E-state index contributed by atoms with van der Waals surface area (Å²) >= 11 is 0. The van der Waals surface area contributed by atoms with Crippen molar-refractivity contribution in [3.63, 3.8) is 0 Å². The Balaban J connectivity index is 2.94. The summed E-state index contributed by atoms with van der Waals surface area (Å²) in [4.78, 5) is 3.62. The molecule has 0 radical (unpaired) electrons. The zero-order valence-electron chi connectivity index (χ0n) is 6.06. The van der Waals surface area contributed by atoms with Gasteiger partial charge in [-0.1, -0.05) is 0 Å². The van der Waals surface area contributed by atoms with Gasteiger partial charge in [-0.2, -0.15) is 5.26 Å². The van der Waals surface area contributed by atoms with Crippen molar-refractivity contribution in [2.45, 2.75) is 11.8 Å². The van der Waals surface area contributed by atoms with Gasteiger partial charge in [0.15, 0.2) is 6.23 Å². The predicted molar refractivity (Wildman–Crippen MR) is 39.0 cm³/mol. The molecule has 0 aromatic carbocycles. The molecule has 4 heteroatoms. The van der Waals surface area contributed by atoms with Gasteiger partial charge >= 0.3 is 0 Å². The molecule has 1 aliphatic heterocycles. The Hall–Kier alpha value is -1.18. The molecule has 2 unspecified atom stereocenters. The summed E-state index contributed by atoms with van der Waals surface area (Å²) in [5.41, 5.74) is -1.30. The Morgan fingerprint density at radius 3 is 2.91 bits per heavy atom. The van der Waals surface area contributed by atoms with Gasteiger partial charge in [0.2, 0.25) is 5.60 Å². The van der Waals surface area contributed by atoms with Gasteiger partial charge in [-0.25, -0.2) is 0 Å². The van der Waals surface area contributed by atoms with Crippen molar-refractivity contribution in [2.75, 3.05) is 7.11 Å². The van der Waals surface area contributed by atoms with E-state index in [1.807, 2.05) is 6.07 Å². The van der Waals surface area contributed by atoms with Crippen LogP contribution in [0.4, 0.5) is 0 Å². The van der Waals surface area contributed by atoms with Crippen LogP contribution in [0.5, 0.6) is 0 Å². The molecule has 11 heavy (non-hydrogen) atoms. The molecule has 2 atom stereocenters. The lowest BCUT2D eigenvalue weighted by Gasteiger charge is -2.25. The Labute approximate surface area is 64.4 Å². The second-order valence-corrected chi connectivity index (χ2v) is 2.14. The Morgan fingerprint density at radius 2 is 2.55 bits per heavy atom. The molecule has 4 nitrogen and oxygen atoms in total. The van der Waals surface area contributed by atoms with Crippen LogP contribution in [0.15, 0.2) is 17.1 Å². The van der Waals surface area contributed by atoms with E-state index in [9.17, 15) is 5.11 Å². The smallest absolute Gasteiger partial charge is 0.219 e. The number of aliphatic hydroxyl groups excluding tert-OH is 1. The SMILES string of the molecule is COC1(C#N)C=CC=NC1O. The van der Waals surface area contributed by atoms with Crippen molar-refractivity contribution >= 4 is 6.21 Å². The van der Waals surface area contributed by atoms with Gasteiger partial charge in [-0.3, -0.25) is 4.99 Å². The summed E-state index contributed by atoms with van der Waals surface area (Å²) in [6, 6.07) is 1.84. The van der Waals surface area contributed by atoms with Crippen LogP contribution in [0, 0.1) is 11.3 Å². The monoisotopic (exact) mass is 152 g/mol. The van der Waals surface area contributed by atoms with Gasteiger partial charge in [0.25, 0.3) is 0 Å². The second-order valence-electron chi connectivity index (χ2n) is 2.14. The number of hydrogen-bond acceptors (Lipinski definition) is 4. The highest BCUT2D eigenvalue weighted by atomic mass is 16.5. The molecule has 58 valence electrons. The number of methoxy groups -OCH3 is 1. The van der Waals surface area contributed by atoms with E-state index < -0.39 is 11.8 Å². The molecular formula is C7H8N2O2. The fourth-order valence-electron chi connectivity index (χ4n) is 0.828. The molecule has 1 heterocycles. The van der Waals surface area contributed by atoms with Crippen molar-refractivity contribution in [1.82, 2.24) is 0 Å². The van der Waals surface area contributed by atoms with Crippen LogP contribution in [0.25, 0.3) is 0 Å². The molecule has 0 aromatic heterocycles. The minimum atomic E-state index is -1.30. The van der Waals surface area contributed by atoms with Crippen LogP contribution in [0.3, 0.4) is 0 Å². The summed E-state index contributed by atoms with van der Waals surface area (Å²) in [6.45, 7) is 0. The van der Waals surface area contributed by atoms with Crippen LogP contribution >= 0.6 is 0 Å². The number of aliphatic hydroxyl groups is 1. The number of nitrogens with zero attached hydrogens (tertiary/aromatic N) is 2. The third-order valence-corrected chi connectivity index (χ3v) is 1.55. The molecule has 0 amide bonds. The molecule has 0 aromatic rings. The maximum atomic E-state index is 9.22. The molecule has 0 aliphatic carbocycles. The van der Waals surface area contributed by atoms with Crippen molar-refractivity contribution in [3.8, 4) is 6.07 Å². The topological polar surface area (TPSA) is 65.6 Å². The van der Waals surface area contributed by atoms with E-state index in [4.69, 9.17) is 10.00 Å². The number of ether oxygens (including phenoxy) is 1. The molecule has 1 aliphatic rings. The van der Waals surface area contributed by atoms with Gasteiger partial charge in [0, 0.05) is 13.3 Å². The largest absolute Gasteiger partial charge is 0.368 e. The van der Waals surface area contributed by atoms with E-state index in [0.29, 0.717) is 0 Å². The Kier molecular flexibility index (Phi) is 2.03. The highest BCUT2D eigenvalue weighted by Gasteiger charge is 2.36. The van der Waals surface area contributed by atoms with Gasteiger partial charge < -0.3 is 9.84 Å². The fourth-order valence-corrected chi connectivity index (χ4v) is 0.828. The Morgan fingerprint density at radius 1 is 1.82 bits per heavy atom. The number of nitriles is 1. The lowest BCUT2D eigenvalue weighted by Crippen LogP contribution is -2.41. The number of hydrogen-bond donors (Lipinski definition) is 1. The molecule has 0 saturated carbocycles. The van der Waals surface area contributed by atoms with E-state index in [2.05, 4.69) is 4.99 Å². The molecular weight excluding hydrogens is 144 g/mol. The zero-order chi connectivity index (χ0) is 8.32. The molecule has 1 N–H and O–H groups in total. The summed E-state index contributed by atoms with van der Waals surface area (Å²) in [5.74, 6) is 0. The van der Waals surface area contributed by atoms with Crippen LogP contribution < -0.4 is 0 Å². The number of allylic oxidation sites excluding steroid dienone is 1. The van der Waals surface area contributed by atoms with Crippen LogP contribution in [0.1, 0.15) is 0 Å². The third kappa shape index (κ3) is 1.16. The summed E-state index contributed by atoms with van der Waals surface area (Å²) < 4.78 is 4.83. The predicted octanol–water partition coefficient (Wildman–Crippen LogP) is -0.146. The minimum absolute atomic E-state index is 1.12. The van der Waals surface area contributed by atoms with Crippen molar-refractivity contribution in [1.29, 1.82) is 5.26 Å². The highest BCUT2D eigenvalue weighted by molar-refractivity contribution is 5.73. The van der Waals surface area contributed by atoms with Crippen LogP contribution in [0.2, 0.25) is 0 Å². The quantitative estimate of drug-likeness (QED) is 0.568. The van der Waals surface area contributed by atoms with Crippen LogP contribution in [-0.2, 0) is 4.74 Å². The van der Waals surface area contributed by atoms with Crippen molar-refractivity contribution < 1.29 is 9.84 Å². The zero-order valence-corrected chi connectivity index (χ0v) is 6.06. The lowest BCUT2D eigenvalue weighted by molar-refractivity contribution is -0.0272. The van der Waals surface area contributed by atoms with E-state index in [1.165, 1.54) is 19.4 Å². The molecule has 0 bridgehead atoms. The first-order valence-corrected chi connectivity index (χ1v) is 3.10. The maximum absolute atomic E-state index is 9.22. The first-order chi connectivity index (χ1) is 5.25. The van der Waals surface area contributed by atoms with Gasteiger partial charge in [-0.15, -0.1) is 0 Å². The van der Waals surface area contributed by atoms with E-state index >= 15 is 0 Å². The van der Waals surface area contributed by atoms with Gasteiger partial charge in [-0.05, 0) is 12.2 Å². The summed E-state index contributed by atoms with van der Waals surface area (Å²) in [5, 5.41) is 17.9. The van der Waals surface area contributed by atoms with E-state index in [1.54, 1.807) is 6.08 Å². The molecule has 0 spiro atoms. The maximum Gasteiger partial charge on any atom is 0.219 e. The second kappa shape index (κ2) is 2.82. The first kappa shape index (κ1) is 7.92. The van der Waals surface area contributed by atoms with Gasteiger partial charge in [0.1, 0.15) is 6.07 Å². The minimum Gasteiger partial charge on any atom is -0.368 e. The first-order valence-electron chi connectivity index (χ1n) is 3.10. The normalized spacial score (nSPS) is 35.2. The number of aliphatic imine (C=N–C) groups is 1. The van der Waals surface area contributed by atoms with Crippen molar-refractivity contribution in [3.05, 3.63) is 12.2 Å². The molecule has 0 fully saturated rings. The standard InChI is InChI=1S/C7H8N2O2/c1-11-7(5-8)3-2-4-9-6(7)10/h2-4,6,10H,1H3. The van der Waals surface area contributed by atoms with E-state index in [-0.39, 0.29) is 0 Å².